The number of ether oxygens (including phenoxy) is 2. The molecule has 9 heteroatoms. The first-order valence-electron chi connectivity index (χ1n) is 9.15. The Hall–Kier alpha value is -3.52. The molecule has 0 saturated carbocycles. The minimum absolute atomic E-state index is 0.369. The lowest BCUT2D eigenvalue weighted by atomic mass is 9.94. The molecule has 0 saturated heterocycles. The molecule has 0 unspecified atom stereocenters. The highest BCUT2D eigenvalue weighted by Gasteiger charge is 2.35. The van der Waals surface area contributed by atoms with Crippen LogP contribution in [0.1, 0.15) is 18.5 Å². The lowest BCUT2D eigenvalue weighted by molar-refractivity contribution is -0.115. The first-order valence-corrected chi connectivity index (χ1v) is 9.52. The molecule has 8 nitrogen and oxygen atoms in total. The number of carbonyl (C=O) groups is 1. The number of aromatic nitrogens is 3. The molecular formula is C21H20ClN5O3. The van der Waals surface area contributed by atoms with Gasteiger partial charge >= 0.3 is 0 Å². The van der Waals surface area contributed by atoms with Crippen molar-refractivity contribution in [1.82, 2.24) is 14.8 Å². The third-order valence-electron chi connectivity index (χ3n) is 4.94. The second-order valence-corrected chi connectivity index (χ2v) is 7.19. The number of amides is 1. The van der Waals surface area contributed by atoms with Crippen LogP contribution in [0.15, 0.2) is 53.7 Å². The van der Waals surface area contributed by atoms with Crippen LogP contribution in [0, 0.1) is 0 Å². The van der Waals surface area contributed by atoms with Crippen molar-refractivity contribution >= 4 is 23.5 Å². The molecule has 2 aromatic carbocycles. The van der Waals surface area contributed by atoms with Crippen molar-refractivity contribution in [3.05, 3.63) is 64.3 Å². The molecule has 30 heavy (non-hydrogen) atoms. The predicted octanol–water partition coefficient (Wildman–Crippen LogP) is 3.39. The maximum atomic E-state index is 12.4. The Balaban J connectivity index is 1.92. The number of nitrogens with zero attached hydrogens (tertiary/aromatic N) is 3. The predicted molar refractivity (Wildman–Crippen MR) is 114 cm³/mol. The van der Waals surface area contributed by atoms with Crippen LogP contribution >= 0.6 is 11.6 Å². The number of fused-ring (bicyclic) bond motifs is 1. The Kier molecular flexibility index (Phi) is 5.09. The molecule has 2 heterocycles. The zero-order chi connectivity index (χ0) is 21.4. The molecule has 0 spiro atoms. The van der Waals surface area contributed by atoms with Crippen molar-refractivity contribution in [2.45, 2.75) is 13.0 Å². The summed E-state index contributed by atoms with van der Waals surface area (Å²) in [6, 6.07) is 12.0. The maximum Gasteiger partial charge on any atom is 0.248 e. The lowest BCUT2D eigenvalue weighted by Crippen LogP contribution is -2.32. The molecule has 1 aliphatic heterocycles. The maximum absolute atomic E-state index is 12.4. The fourth-order valence-electron chi connectivity index (χ4n) is 3.55. The molecule has 4 rings (SSSR count). The van der Waals surface area contributed by atoms with Crippen LogP contribution in [0.4, 0.5) is 5.95 Å². The van der Waals surface area contributed by atoms with Crippen LogP contribution in [0.2, 0.25) is 5.02 Å². The monoisotopic (exact) mass is 425 g/mol. The number of methoxy groups -OCH3 is 2. The molecule has 1 amide bonds. The fraction of sp³-hybridized carbons (Fsp3) is 0.190. The molecule has 0 aliphatic carbocycles. The Labute approximate surface area is 178 Å². The van der Waals surface area contributed by atoms with Gasteiger partial charge in [0.05, 0.1) is 19.8 Å². The number of halogens is 1. The third kappa shape index (κ3) is 3.35. The van der Waals surface area contributed by atoms with Crippen molar-refractivity contribution in [2.24, 2.45) is 5.73 Å². The van der Waals surface area contributed by atoms with Crippen molar-refractivity contribution in [2.75, 3.05) is 19.5 Å². The van der Waals surface area contributed by atoms with Gasteiger partial charge in [-0.05, 0) is 31.2 Å². The number of primary amides is 1. The molecule has 1 aliphatic rings. The Morgan fingerprint density at radius 2 is 2.00 bits per heavy atom. The van der Waals surface area contributed by atoms with E-state index in [4.69, 9.17) is 26.8 Å². The summed E-state index contributed by atoms with van der Waals surface area (Å²) in [4.78, 5) is 17.0. The average molecular weight is 426 g/mol. The fourth-order valence-corrected chi connectivity index (χ4v) is 3.74. The van der Waals surface area contributed by atoms with E-state index in [-0.39, 0.29) is 0 Å². The summed E-state index contributed by atoms with van der Waals surface area (Å²) in [7, 11) is 3.13. The van der Waals surface area contributed by atoms with E-state index >= 15 is 0 Å². The summed E-state index contributed by atoms with van der Waals surface area (Å²) in [6.45, 7) is 1.78. The number of rotatable bonds is 5. The molecule has 1 atom stereocenters. The van der Waals surface area contributed by atoms with Gasteiger partial charge < -0.3 is 20.5 Å². The quantitative estimate of drug-likeness (QED) is 0.649. The first kappa shape index (κ1) is 19.8. The van der Waals surface area contributed by atoms with Gasteiger partial charge in [0.1, 0.15) is 17.5 Å². The van der Waals surface area contributed by atoms with E-state index in [1.807, 2.05) is 18.2 Å². The molecule has 0 bridgehead atoms. The van der Waals surface area contributed by atoms with Crippen LogP contribution in [0.3, 0.4) is 0 Å². The van der Waals surface area contributed by atoms with Gasteiger partial charge in [-0.1, -0.05) is 23.7 Å². The van der Waals surface area contributed by atoms with Crippen molar-refractivity contribution in [3.63, 3.8) is 0 Å². The van der Waals surface area contributed by atoms with Crippen LogP contribution in [-0.4, -0.2) is 34.9 Å². The minimum atomic E-state index is -0.625. The normalized spacial score (nSPS) is 15.4. The van der Waals surface area contributed by atoms with Gasteiger partial charge in [0.2, 0.25) is 11.9 Å². The van der Waals surface area contributed by atoms with Gasteiger partial charge in [-0.2, -0.15) is 4.98 Å². The summed E-state index contributed by atoms with van der Waals surface area (Å²) < 4.78 is 12.5. The highest BCUT2D eigenvalue weighted by molar-refractivity contribution is 6.30. The highest BCUT2D eigenvalue weighted by Crippen LogP contribution is 2.40. The lowest BCUT2D eigenvalue weighted by Gasteiger charge is -2.28. The summed E-state index contributed by atoms with van der Waals surface area (Å²) in [5, 5.41) is 8.36. The van der Waals surface area contributed by atoms with Gasteiger partial charge in [0.15, 0.2) is 5.82 Å². The number of hydrogen-bond donors (Lipinski definition) is 2. The summed E-state index contributed by atoms with van der Waals surface area (Å²) in [5.41, 5.74) is 8.18. The van der Waals surface area contributed by atoms with E-state index in [9.17, 15) is 4.79 Å². The number of benzene rings is 2. The van der Waals surface area contributed by atoms with Gasteiger partial charge in [0, 0.05) is 27.9 Å². The molecular weight excluding hydrogens is 406 g/mol. The van der Waals surface area contributed by atoms with E-state index in [1.54, 1.807) is 50.1 Å². The number of carbonyl (C=O) groups excluding carboxylic acids is 1. The first-order chi connectivity index (χ1) is 14.4. The van der Waals surface area contributed by atoms with E-state index in [2.05, 4.69) is 15.4 Å². The van der Waals surface area contributed by atoms with Gasteiger partial charge in [-0.3, -0.25) is 4.79 Å². The van der Waals surface area contributed by atoms with E-state index < -0.39 is 11.9 Å². The van der Waals surface area contributed by atoms with Crippen molar-refractivity contribution in [3.8, 4) is 22.9 Å². The second-order valence-electron chi connectivity index (χ2n) is 6.75. The summed E-state index contributed by atoms with van der Waals surface area (Å²) in [6.07, 6.45) is 0. The van der Waals surface area contributed by atoms with Crippen LogP contribution in [0.5, 0.6) is 11.5 Å². The molecule has 0 radical (unpaired) electrons. The van der Waals surface area contributed by atoms with E-state index in [0.717, 1.165) is 5.56 Å². The average Bonchev–Trinajstić information content (AvgIpc) is 3.15. The SMILES string of the molecule is COc1ccc([C@H]2C(C(N)=O)=C(C)Nc3nc(-c4cccc(Cl)c4)nn32)c(OC)c1. The number of anilines is 1. The number of hydrogen-bond acceptors (Lipinski definition) is 6. The zero-order valence-electron chi connectivity index (χ0n) is 16.6. The van der Waals surface area contributed by atoms with Crippen molar-refractivity contribution < 1.29 is 14.3 Å². The molecule has 154 valence electrons. The number of nitrogens with two attached hydrogens (primary N) is 1. The standard InChI is InChI=1S/C21H20ClN5O3/c1-11-17(19(23)28)18(15-8-7-14(29-2)10-16(15)30-3)27-21(24-11)25-20(26-27)12-5-4-6-13(22)9-12/h4-10,18H,1-3H3,(H2,23,28)(H,24,25,26)/t18-/m0/s1. The van der Waals surface area contributed by atoms with Crippen LogP contribution in [0.25, 0.3) is 11.4 Å². The largest absolute Gasteiger partial charge is 0.497 e. The number of allylic oxidation sites excluding steroid dienone is 1. The van der Waals surface area contributed by atoms with Gasteiger partial charge in [-0.15, -0.1) is 5.10 Å². The molecule has 1 aromatic heterocycles. The highest BCUT2D eigenvalue weighted by atomic mass is 35.5. The Morgan fingerprint density at radius 1 is 1.20 bits per heavy atom. The summed E-state index contributed by atoms with van der Waals surface area (Å²) in [5.74, 6) is 1.56. The second kappa shape index (κ2) is 7.72. The zero-order valence-corrected chi connectivity index (χ0v) is 17.4. The Bertz CT molecular complexity index is 1170. The van der Waals surface area contributed by atoms with E-state index in [0.29, 0.717) is 45.1 Å². The van der Waals surface area contributed by atoms with Crippen LogP contribution < -0.4 is 20.5 Å². The van der Waals surface area contributed by atoms with Crippen LogP contribution in [-0.2, 0) is 4.79 Å². The summed E-state index contributed by atoms with van der Waals surface area (Å²) >= 11 is 6.13. The minimum Gasteiger partial charge on any atom is -0.497 e. The molecule has 3 N–H and O–H groups in total. The Morgan fingerprint density at radius 3 is 2.67 bits per heavy atom. The molecule has 0 fully saturated rings. The number of nitrogens with one attached hydrogen (secondary N) is 1. The van der Waals surface area contributed by atoms with Crippen molar-refractivity contribution in [1.29, 1.82) is 0 Å². The van der Waals surface area contributed by atoms with E-state index in [1.165, 1.54) is 0 Å². The van der Waals surface area contributed by atoms with Gasteiger partial charge in [-0.25, -0.2) is 4.68 Å². The smallest absolute Gasteiger partial charge is 0.248 e. The van der Waals surface area contributed by atoms with Gasteiger partial charge in [0.25, 0.3) is 0 Å². The molecule has 3 aromatic rings. The third-order valence-corrected chi connectivity index (χ3v) is 5.17. The topological polar surface area (TPSA) is 104 Å².